The molecule has 1 aromatic heterocycles. The number of carbonyl (C=O) groups is 1. The summed E-state index contributed by atoms with van der Waals surface area (Å²) in [5.74, 6) is -0.0480. The van der Waals surface area contributed by atoms with Crippen LogP contribution in [0.15, 0.2) is 28.6 Å². The number of aromatic nitrogens is 2. The number of hydrogen-bond donors (Lipinski definition) is 2. The van der Waals surface area contributed by atoms with Crippen molar-refractivity contribution < 1.29 is 4.79 Å². The maximum atomic E-state index is 12.2. The molecule has 0 aliphatic heterocycles. The zero-order valence-corrected chi connectivity index (χ0v) is 15.4. The Morgan fingerprint density at radius 3 is 2.91 bits per heavy atom. The number of amides is 1. The molecule has 0 aliphatic rings. The van der Waals surface area contributed by atoms with E-state index in [0.29, 0.717) is 11.6 Å². The van der Waals surface area contributed by atoms with Gasteiger partial charge in [-0.2, -0.15) is 0 Å². The van der Waals surface area contributed by atoms with Crippen molar-refractivity contribution in [1.82, 2.24) is 15.5 Å². The van der Waals surface area contributed by atoms with Gasteiger partial charge in [-0.15, -0.1) is 10.2 Å². The van der Waals surface area contributed by atoms with Crippen molar-refractivity contribution in [2.45, 2.75) is 36.4 Å². The third-order valence-electron chi connectivity index (χ3n) is 2.99. The molecule has 8 heteroatoms. The Kier molecular flexibility index (Phi) is 7.14. The van der Waals surface area contributed by atoms with Crippen molar-refractivity contribution in [2.24, 2.45) is 0 Å². The van der Waals surface area contributed by atoms with Crippen molar-refractivity contribution in [1.29, 1.82) is 0 Å². The zero-order chi connectivity index (χ0) is 16.7. The first-order valence-corrected chi connectivity index (χ1v) is 9.42. The third-order valence-corrected chi connectivity index (χ3v) is 5.42. The number of anilines is 1. The predicted molar refractivity (Wildman–Crippen MR) is 97.3 cm³/mol. The molecule has 0 saturated carbocycles. The van der Waals surface area contributed by atoms with Crippen LogP contribution in [0.3, 0.4) is 0 Å². The minimum Gasteiger partial charge on any atom is -0.360 e. The highest BCUT2D eigenvalue weighted by Gasteiger charge is 2.17. The number of hydrogen-bond acceptors (Lipinski definition) is 6. The van der Waals surface area contributed by atoms with Crippen LogP contribution in [0, 0.1) is 0 Å². The number of thioether (sulfide) groups is 1. The van der Waals surface area contributed by atoms with E-state index in [0.717, 1.165) is 28.0 Å². The average Bonchev–Trinajstić information content (AvgIpc) is 2.99. The summed E-state index contributed by atoms with van der Waals surface area (Å²) in [7, 11) is 0. The second-order valence-corrected chi connectivity index (χ2v) is 7.84. The molecule has 5 nitrogen and oxygen atoms in total. The fourth-order valence-corrected chi connectivity index (χ4v) is 3.88. The van der Waals surface area contributed by atoms with Gasteiger partial charge in [-0.25, -0.2) is 0 Å². The molecule has 1 unspecified atom stereocenters. The van der Waals surface area contributed by atoms with Crippen molar-refractivity contribution in [2.75, 3.05) is 11.9 Å². The van der Waals surface area contributed by atoms with Gasteiger partial charge in [0, 0.05) is 18.1 Å². The fourth-order valence-electron chi connectivity index (χ4n) is 1.73. The molecule has 2 N–H and O–H groups in total. The summed E-state index contributed by atoms with van der Waals surface area (Å²) in [6.07, 6.45) is 1.03. The van der Waals surface area contributed by atoms with Crippen LogP contribution in [0.4, 0.5) is 5.13 Å². The monoisotopic (exact) mass is 370 g/mol. The predicted octanol–water partition coefficient (Wildman–Crippen LogP) is 3.81. The molecule has 0 fully saturated rings. The lowest BCUT2D eigenvalue weighted by Gasteiger charge is -2.11. The Bertz CT molecular complexity index is 650. The highest BCUT2D eigenvalue weighted by Crippen LogP contribution is 2.29. The molecule has 23 heavy (non-hydrogen) atoms. The summed E-state index contributed by atoms with van der Waals surface area (Å²) in [5, 5.41) is 15.4. The SMILES string of the molecule is CCCNc1nnc(SC(C)C(=O)NCc2ccccc2Cl)s1. The molecule has 0 saturated heterocycles. The Morgan fingerprint density at radius 2 is 2.17 bits per heavy atom. The maximum absolute atomic E-state index is 12.2. The van der Waals surface area contributed by atoms with Gasteiger partial charge in [-0.05, 0) is 25.0 Å². The molecule has 2 aromatic rings. The minimum absolute atomic E-state index is 0.0480. The second kappa shape index (κ2) is 9.10. The number of rotatable bonds is 8. The van der Waals surface area contributed by atoms with Crippen LogP contribution in [-0.2, 0) is 11.3 Å². The smallest absolute Gasteiger partial charge is 0.233 e. The number of carbonyl (C=O) groups excluding carboxylic acids is 1. The quantitative estimate of drug-likeness (QED) is 0.691. The number of nitrogens with zero attached hydrogens (tertiary/aromatic N) is 2. The van der Waals surface area contributed by atoms with Crippen LogP contribution in [0.2, 0.25) is 5.02 Å². The first-order chi connectivity index (χ1) is 11.1. The van der Waals surface area contributed by atoms with Gasteiger partial charge in [0.1, 0.15) is 0 Å². The number of nitrogens with one attached hydrogen (secondary N) is 2. The molecule has 1 amide bonds. The highest BCUT2D eigenvalue weighted by atomic mass is 35.5. The zero-order valence-electron chi connectivity index (χ0n) is 13.0. The standard InChI is InChI=1S/C15H19ClN4OS2/c1-3-8-17-14-19-20-15(23-14)22-10(2)13(21)18-9-11-6-4-5-7-12(11)16/h4-7,10H,3,8-9H2,1-2H3,(H,17,19)(H,18,21). The summed E-state index contributed by atoms with van der Waals surface area (Å²) >= 11 is 8.95. The van der Waals surface area contributed by atoms with E-state index in [-0.39, 0.29) is 11.2 Å². The van der Waals surface area contributed by atoms with Crippen molar-refractivity contribution in [3.8, 4) is 0 Å². The fraction of sp³-hybridized carbons (Fsp3) is 0.400. The van der Waals surface area contributed by atoms with Gasteiger partial charge in [0.15, 0.2) is 4.34 Å². The van der Waals surface area contributed by atoms with Gasteiger partial charge in [0.05, 0.1) is 5.25 Å². The van der Waals surface area contributed by atoms with Crippen LogP contribution < -0.4 is 10.6 Å². The normalized spacial score (nSPS) is 12.0. The van der Waals surface area contributed by atoms with Crippen molar-refractivity contribution >= 4 is 45.7 Å². The molecule has 0 radical (unpaired) electrons. The lowest BCUT2D eigenvalue weighted by Crippen LogP contribution is -2.30. The minimum atomic E-state index is -0.246. The van der Waals surface area contributed by atoms with Gasteiger partial charge >= 0.3 is 0 Å². The number of benzene rings is 1. The Labute approximate surface area is 149 Å². The molecule has 1 aromatic carbocycles. The lowest BCUT2D eigenvalue weighted by atomic mass is 10.2. The molecule has 0 bridgehead atoms. The molecule has 1 atom stereocenters. The summed E-state index contributed by atoms with van der Waals surface area (Å²) in [6, 6.07) is 7.48. The van der Waals surface area contributed by atoms with Crippen molar-refractivity contribution in [3.63, 3.8) is 0 Å². The molecular weight excluding hydrogens is 352 g/mol. The van der Waals surface area contributed by atoms with Crippen LogP contribution in [0.1, 0.15) is 25.8 Å². The van der Waals surface area contributed by atoms with E-state index in [1.807, 2.05) is 31.2 Å². The Morgan fingerprint density at radius 1 is 1.39 bits per heavy atom. The van der Waals surface area contributed by atoms with E-state index in [2.05, 4.69) is 27.8 Å². The number of halogens is 1. The Balaban J connectivity index is 1.83. The van der Waals surface area contributed by atoms with E-state index < -0.39 is 0 Å². The van der Waals surface area contributed by atoms with E-state index >= 15 is 0 Å². The van der Waals surface area contributed by atoms with E-state index in [9.17, 15) is 4.79 Å². The third kappa shape index (κ3) is 5.67. The molecule has 124 valence electrons. The first-order valence-electron chi connectivity index (χ1n) is 7.35. The maximum Gasteiger partial charge on any atom is 0.233 e. The van der Waals surface area contributed by atoms with Gasteiger partial charge in [0.2, 0.25) is 11.0 Å². The Hall–Kier alpha value is -1.31. The van der Waals surface area contributed by atoms with Gasteiger partial charge in [-0.1, -0.05) is 59.8 Å². The van der Waals surface area contributed by atoms with Gasteiger partial charge < -0.3 is 10.6 Å². The summed E-state index contributed by atoms with van der Waals surface area (Å²) in [6.45, 7) is 5.23. The second-order valence-electron chi connectivity index (χ2n) is 4.87. The average molecular weight is 371 g/mol. The molecule has 0 spiro atoms. The molecule has 1 heterocycles. The van der Waals surface area contributed by atoms with E-state index in [1.54, 1.807) is 0 Å². The molecule has 0 aliphatic carbocycles. The van der Waals surface area contributed by atoms with Gasteiger partial charge in [-0.3, -0.25) is 4.79 Å². The van der Waals surface area contributed by atoms with E-state index in [4.69, 9.17) is 11.6 Å². The lowest BCUT2D eigenvalue weighted by molar-refractivity contribution is -0.120. The van der Waals surface area contributed by atoms with Crippen LogP contribution in [0.25, 0.3) is 0 Å². The topological polar surface area (TPSA) is 66.9 Å². The van der Waals surface area contributed by atoms with Crippen molar-refractivity contribution in [3.05, 3.63) is 34.9 Å². The summed E-state index contributed by atoms with van der Waals surface area (Å²) in [4.78, 5) is 12.2. The molecule has 2 rings (SSSR count). The van der Waals surface area contributed by atoms with Crippen LogP contribution in [-0.4, -0.2) is 27.9 Å². The summed E-state index contributed by atoms with van der Waals surface area (Å²) in [5.41, 5.74) is 0.904. The van der Waals surface area contributed by atoms with Crippen LogP contribution in [0.5, 0.6) is 0 Å². The van der Waals surface area contributed by atoms with E-state index in [1.165, 1.54) is 23.1 Å². The van der Waals surface area contributed by atoms with Crippen LogP contribution >= 0.6 is 34.7 Å². The first kappa shape index (κ1) is 18.0. The highest BCUT2D eigenvalue weighted by molar-refractivity contribution is 8.02. The molecular formula is C15H19ClN4OS2. The van der Waals surface area contributed by atoms with Gasteiger partial charge in [0.25, 0.3) is 0 Å². The largest absolute Gasteiger partial charge is 0.360 e. The summed E-state index contributed by atoms with van der Waals surface area (Å²) < 4.78 is 0.781.